The molecule has 2 unspecified atom stereocenters. The van der Waals surface area contributed by atoms with Crippen molar-refractivity contribution in [3.8, 4) is 5.75 Å². The minimum atomic E-state index is -0.975. The highest BCUT2D eigenvalue weighted by Crippen LogP contribution is 2.35. The van der Waals surface area contributed by atoms with Crippen LogP contribution in [-0.2, 0) is 13.2 Å². The number of benzene rings is 2. The molecular weight excluding hydrogens is 414 g/mol. The monoisotopic (exact) mass is 439 g/mol. The molecule has 32 heavy (non-hydrogen) atoms. The molecule has 0 bridgehead atoms. The van der Waals surface area contributed by atoms with Gasteiger partial charge in [0.05, 0.1) is 18.1 Å². The summed E-state index contributed by atoms with van der Waals surface area (Å²) in [6, 6.07) is 13.9. The van der Waals surface area contributed by atoms with Crippen LogP contribution in [0.3, 0.4) is 0 Å². The summed E-state index contributed by atoms with van der Waals surface area (Å²) in [5.41, 5.74) is 2.01. The normalized spacial score (nSPS) is 12.8. The molecule has 2 atom stereocenters. The zero-order valence-corrected chi connectivity index (χ0v) is 17.8. The van der Waals surface area contributed by atoms with Gasteiger partial charge in [0.15, 0.2) is 5.69 Å². The summed E-state index contributed by atoms with van der Waals surface area (Å²) >= 11 is 0. The molecule has 0 aliphatic carbocycles. The third-order valence-electron chi connectivity index (χ3n) is 5.46. The SMILES string of the molecule is CCC(C)C(c1ccc(OCc2ccc(C(=O)O)cc2)cc1)c1nc(CO)c([N+](=O)[O-])[nH]1. The molecular formula is C23H25N3O6. The summed E-state index contributed by atoms with van der Waals surface area (Å²) in [5.74, 6) is -0.243. The molecule has 1 aromatic heterocycles. The second kappa shape index (κ2) is 10.1. The predicted molar refractivity (Wildman–Crippen MR) is 117 cm³/mol. The van der Waals surface area contributed by atoms with Gasteiger partial charge in [-0.05, 0) is 46.2 Å². The maximum Gasteiger partial charge on any atom is 0.346 e. The van der Waals surface area contributed by atoms with Crippen LogP contribution in [0.15, 0.2) is 48.5 Å². The number of carbonyl (C=O) groups is 1. The largest absolute Gasteiger partial charge is 0.489 e. The van der Waals surface area contributed by atoms with Crippen LogP contribution in [0.5, 0.6) is 5.75 Å². The summed E-state index contributed by atoms with van der Waals surface area (Å²) in [7, 11) is 0. The Labute approximate surface area is 184 Å². The van der Waals surface area contributed by atoms with E-state index in [0.29, 0.717) is 11.6 Å². The van der Waals surface area contributed by atoms with Gasteiger partial charge in [-0.2, -0.15) is 0 Å². The third kappa shape index (κ3) is 5.12. The molecule has 168 valence electrons. The molecule has 9 nitrogen and oxygen atoms in total. The molecule has 9 heteroatoms. The van der Waals surface area contributed by atoms with Crippen molar-refractivity contribution >= 4 is 11.8 Å². The van der Waals surface area contributed by atoms with Crippen LogP contribution in [0, 0.1) is 16.0 Å². The number of aromatic amines is 1. The number of hydrogen-bond acceptors (Lipinski definition) is 6. The second-order valence-corrected chi connectivity index (χ2v) is 7.56. The molecule has 0 radical (unpaired) electrons. The van der Waals surface area contributed by atoms with E-state index in [1.807, 2.05) is 38.1 Å². The van der Waals surface area contributed by atoms with Crippen LogP contribution in [0.25, 0.3) is 0 Å². The Hall–Kier alpha value is -3.72. The van der Waals surface area contributed by atoms with Gasteiger partial charge in [-0.1, -0.05) is 44.5 Å². The first-order valence-corrected chi connectivity index (χ1v) is 10.2. The number of aromatic nitrogens is 2. The highest BCUT2D eigenvalue weighted by atomic mass is 16.6. The standard InChI is InChI=1S/C23H25N3O6/c1-3-14(2)20(21-24-19(12-27)22(25-21)26(30)31)16-8-10-18(11-9-16)32-13-15-4-6-17(7-5-15)23(28)29/h4-11,14,20,27H,3,12-13H2,1-2H3,(H,24,25)(H,28,29). The molecule has 3 N–H and O–H groups in total. The van der Waals surface area contributed by atoms with Gasteiger partial charge in [0.2, 0.25) is 5.82 Å². The Morgan fingerprint density at radius 1 is 1.19 bits per heavy atom. The number of carboxylic acid groups (broad SMARTS) is 1. The molecule has 0 amide bonds. The fourth-order valence-corrected chi connectivity index (χ4v) is 3.50. The van der Waals surface area contributed by atoms with Crippen molar-refractivity contribution in [2.45, 2.75) is 39.4 Å². The van der Waals surface area contributed by atoms with Gasteiger partial charge in [-0.25, -0.2) is 14.8 Å². The Kier molecular flexibility index (Phi) is 7.21. The molecule has 2 aromatic carbocycles. The average molecular weight is 439 g/mol. The van der Waals surface area contributed by atoms with Gasteiger partial charge >= 0.3 is 11.8 Å². The maximum atomic E-state index is 11.3. The smallest absolute Gasteiger partial charge is 0.346 e. The van der Waals surface area contributed by atoms with Crippen molar-refractivity contribution in [3.63, 3.8) is 0 Å². The van der Waals surface area contributed by atoms with E-state index < -0.39 is 17.5 Å². The molecule has 0 aliphatic rings. The molecule has 3 rings (SSSR count). The predicted octanol–water partition coefficient (Wildman–Crippen LogP) is 4.27. The number of hydrogen-bond donors (Lipinski definition) is 3. The van der Waals surface area contributed by atoms with E-state index in [-0.39, 0.29) is 35.5 Å². The van der Waals surface area contributed by atoms with E-state index >= 15 is 0 Å². The van der Waals surface area contributed by atoms with E-state index in [0.717, 1.165) is 17.5 Å². The first-order valence-electron chi connectivity index (χ1n) is 10.2. The lowest BCUT2D eigenvalue weighted by molar-refractivity contribution is -0.390. The lowest BCUT2D eigenvalue weighted by Gasteiger charge is -2.20. The van der Waals surface area contributed by atoms with Crippen molar-refractivity contribution < 1.29 is 24.7 Å². The quantitative estimate of drug-likeness (QED) is 0.317. The van der Waals surface area contributed by atoms with E-state index in [1.165, 1.54) is 12.1 Å². The first kappa shape index (κ1) is 23.0. The number of carboxylic acids is 1. The third-order valence-corrected chi connectivity index (χ3v) is 5.46. The number of H-pyrrole nitrogens is 1. The van der Waals surface area contributed by atoms with E-state index in [1.54, 1.807) is 12.1 Å². The van der Waals surface area contributed by atoms with Crippen molar-refractivity contribution in [3.05, 3.63) is 86.9 Å². The summed E-state index contributed by atoms with van der Waals surface area (Å²) in [6.07, 6.45) is 0.832. The van der Waals surface area contributed by atoms with Crippen molar-refractivity contribution in [1.29, 1.82) is 0 Å². The molecule has 1 heterocycles. The van der Waals surface area contributed by atoms with Gasteiger partial charge in [0, 0.05) is 0 Å². The Bertz CT molecular complexity index is 1080. The number of rotatable bonds is 10. The van der Waals surface area contributed by atoms with Crippen LogP contribution >= 0.6 is 0 Å². The van der Waals surface area contributed by atoms with Gasteiger partial charge in [-0.3, -0.25) is 0 Å². The molecule has 0 spiro atoms. The number of nitro groups is 1. The Morgan fingerprint density at radius 2 is 1.84 bits per heavy atom. The minimum absolute atomic E-state index is 0.0205. The summed E-state index contributed by atoms with van der Waals surface area (Å²) in [6.45, 7) is 3.86. The maximum absolute atomic E-state index is 11.3. The zero-order valence-electron chi connectivity index (χ0n) is 17.8. The fourth-order valence-electron chi connectivity index (χ4n) is 3.50. The second-order valence-electron chi connectivity index (χ2n) is 7.56. The fraction of sp³-hybridized carbons (Fsp3) is 0.304. The zero-order chi connectivity index (χ0) is 23.3. The van der Waals surface area contributed by atoms with Gasteiger partial charge in [-0.15, -0.1) is 0 Å². The summed E-state index contributed by atoms with van der Waals surface area (Å²) in [5, 5.41) is 29.7. The topological polar surface area (TPSA) is 139 Å². The van der Waals surface area contributed by atoms with E-state index in [9.17, 15) is 20.0 Å². The molecule has 0 saturated carbocycles. The summed E-state index contributed by atoms with van der Waals surface area (Å²) in [4.78, 5) is 28.7. The molecule has 0 saturated heterocycles. The highest BCUT2D eigenvalue weighted by Gasteiger charge is 2.29. The van der Waals surface area contributed by atoms with Crippen LogP contribution in [0.4, 0.5) is 5.82 Å². The van der Waals surface area contributed by atoms with Crippen molar-refractivity contribution in [2.24, 2.45) is 5.92 Å². The van der Waals surface area contributed by atoms with E-state index in [2.05, 4.69) is 9.97 Å². The van der Waals surface area contributed by atoms with Crippen LogP contribution in [-0.4, -0.2) is 31.1 Å². The minimum Gasteiger partial charge on any atom is -0.489 e. The number of nitrogens with zero attached hydrogens (tertiary/aromatic N) is 2. The molecule has 3 aromatic rings. The Balaban J connectivity index is 1.78. The van der Waals surface area contributed by atoms with Gasteiger partial charge in [0.25, 0.3) is 0 Å². The van der Waals surface area contributed by atoms with Crippen LogP contribution < -0.4 is 4.74 Å². The Morgan fingerprint density at radius 3 is 2.34 bits per heavy atom. The number of nitrogens with one attached hydrogen (secondary N) is 1. The number of aliphatic hydroxyl groups excluding tert-OH is 1. The van der Waals surface area contributed by atoms with Crippen LogP contribution in [0.1, 0.15) is 59.2 Å². The number of aromatic carboxylic acids is 1. The highest BCUT2D eigenvalue weighted by molar-refractivity contribution is 5.87. The number of aliphatic hydroxyl groups is 1. The molecule has 0 aliphatic heterocycles. The lowest BCUT2D eigenvalue weighted by atomic mass is 9.85. The number of imidazole rings is 1. The number of ether oxygens (including phenoxy) is 1. The van der Waals surface area contributed by atoms with Crippen molar-refractivity contribution in [1.82, 2.24) is 9.97 Å². The van der Waals surface area contributed by atoms with Gasteiger partial charge in [0.1, 0.15) is 12.4 Å². The van der Waals surface area contributed by atoms with Gasteiger partial charge < -0.3 is 25.1 Å². The van der Waals surface area contributed by atoms with E-state index in [4.69, 9.17) is 9.84 Å². The first-order chi connectivity index (χ1) is 15.3. The van der Waals surface area contributed by atoms with Crippen LogP contribution in [0.2, 0.25) is 0 Å². The summed E-state index contributed by atoms with van der Waals surface area (Å²) < 4.78 is 5.80. The molecule has 0 fully saturated rings. The lowest BCUT2D eigenvalue weighted by Crippen LogP contribution is -2.13. The average Bonchev–Trinajstić information content (AvgIpc) is 3.23. The van der Waals surface area contributed by atoms with Crippen molar-refractivity contribution in [2.75, 3.05) is 0 Å².